The largest absolute Gasteiger partial charge is 0.497 e. The Labute approximate surface area is 152 Å². The number of sulfonamides is 1. The molecule has 136 valence electrons. The Morgan fingerprint density at radius 1 is 1.15 bits per heavy atom. The van der Waals surface area contributed by atoms with Crippen LogP contribution in [0.25, 0.3) is 11.4 Å². The lowest BCUT2D eigenvalue weighted by molar-refractivity contribution is 0.394. The summed E-state index contributed by atoms with van der Waals surface area (Å²) in [5.41, 5.74) is 2.01. The quantitative estimate of drug-likeness (QED) is 0.714. The van der Waals surface area contributed by atoms with Gasteiger partial charge in [-0.15, -0.1) is 0 Å². The molecule has 7 nitrogen and oxygen atoms in total. The maximum absolute atomic E-state index is 12.8. The van der Waals surface area contributed by atoms with Crippen LogP contribution in [-0.4, -0.2) is 25.7 Å². The first-order valence-corrected chi connectivity index (χ1v) is 9.41. The predicted octanol–water partition coefficient (Wildman–Crippen LogP) is 2.84. The van der Waals surface area contributed by atoms with Crippen molar-refractivity contribution >= 4 is 10.0 Å². The van der Waals surface area contributed by atoms with Gasteiger partial charge in [0.25, 0.3) is 0 Å². The molecule has 3 rings (SSSR count). The third-order valence-electron chi connectivity index (χ3n) is 3.86. The van der Waals surface area contributed by atoms with Gasteiger partial charge in [0.15, 0.2) is 0 Å². The van der Waals surface area contributed by atoms with Crippen molar-refractivity contribution < 1.29 is 17.7 Å². The Hall–Kier alpha value is -2.71. The second kappa shape index (κ2) is 7.27. The molecule has 0 aliphatic carbocycles. The van der Waals surface area contributed by atoms with Gasteiger partial charge in [-0.2, -0.15) is 4.98 Å². The van der Waals surface area contributed by atoms with Crippen molar-refractivity contribution in [1.82, 2.24) is 14.9 Å². The van der Waals surface area contributed by atoms with Crippen LogP contribution < -0.4 is 9.46 Å². The van der Waals surface area contributed by atoms with Gasteiger partial charge in [-0.25, -0.2) is 13.1 Å². The number of hydrogen-bond acceptors (Lipinski definition) is 6. The predicted molar refractivity (Wildman–Crippen MR) is 96.2 cm³/mol. The number of nitrogens with zero attached hydrogens (tertiary/aromatic N) is 2. The third kappa shape index (κ3) is 3.92. The molecule has 1 N–H and O–H groups in total. The van der Waals surface area contributed by atoms with E-state index in [0.29, 0.717) is 28.6 Å². The van der Waals surface area contributed by atoms with Gasteiger partial charge in [-0.05, 0) is 36.2 Å². The first-order chi connectivity index (χ1) is 12.4. The van der Waals surface area contributed by atoms with E-state index in [-0.39, 0.29) is 11.4 Å². The fourth-order valence-electron chi connectivity index (χ4n) is 2.48. The molecule has 2 aromatic carbocycles. The summed E-state index contributed by atoms with van der Waals surface area (Å²) in [5.74, 6) is 1.44. The lowest BCUT2D eigenvalue weighted by atomic mass is 10.1. The molecule has 0 spiro atoms. The van der Waals surface area contributed by atoms with Gasteiger partial charge in [-0.1, -0.05) is 29.4 Å². The van der Waals surface area contributed by atoms with E-state index in [1.54, 1.807) is 51.3 Å². The van der Waals surface area contributed by atoms with Gasteiger partial charge in [0.2, 0.25) is 21.7 Å². The third-order valence-corrected chi connectivity index (χ3v) is 5.41. The van der Waals surface area contributed by atoms with E-state index in [1.165, 1.54) is 0 Å². The average molecular weight is 373 g/mol. The summed E-state index contributed by atoms with van der Waals surface area (Å²) in [7, 11) is -2.14. The summed E-state index contributed by atoms with van der Waals surface area (Å²) < 4.78 is 38.3. The minimum absolute atomic E-state index is 0.157. The number of methoxy groups -OCH3 is 1. The molecule has 1 heterocycles. The Morgan fingerprint density at radius 2 is 1.96 bits per heavy atom. The number of ether oxygens (including phenoxy) is 1. The summed E-state index contributed by atoms with van der Waals surface area (Å²) in [6.45, 7) is 3.58. The molecule has 0 radical (unpaired) electrons. The molecule has 0 saturated carbocycles. The Kier molecular flexibility index (Phi) is 5.06. The molecule has 8 heteroatoms. The van der Waals surface area contributed by atoms with Crippen molar-refractivity contribution in [2.45, 2.75) is 25.3 Å². The van der Waals surface area contributed by atoms with Crippen molar-refractivity contribution in [2.75, 3.05) is 7.11 Å². The number of nitrogens with one attached hydrogen (secondary N) is 1. The topological polar surface area (TPSA) is 94.3 Å². The Bertz CT molecular complexity index is 1030. The zero-order chi connectivity index (χ0) is 18.7. The van der Waals surface area contributed by atoms with Crippen LogP contribution >= 0.6 is 0 Å². The van der Waals surface area contributed by atoms with Gasteiger partial charge in [-0.3, -0.25) is 0 Å². The first kappa shape index (κ1) is 18.1. The van der Waals surface area contributed by atoms with Gasteiger partial charge < -0.3 is 9.26 Å². The van der Waals surface area contributed by atoms with Crippen molar-refractivity contribution in [2.24, 2.45) is 0 Å². The summed E-state index contributed by atoms with van der Waals surface area (Å²) in [6, 6.07) is 12.3. The van der Waals surface area contributed by atoms with E-state index in [9.17, 15) is 8.42 Å². The Morgan fingerprint density at radius 3 is 2.65 bits per heavy atom. The highest BCUT2D eigenvalue weighted by Gasteiger charge is 2.19. The summed E-state index contributed by atoms with van der Waals surface area (Å²) >= 11 is 0. The second-order valence-electron chi connectivity index (χ2n) is 5.79. The molecule has 26 heavy (non-hydrogen) atoms. The van der Waals surface area contributed by atoms with Crippen LogP contribution in [0.4, 0.5) is 0 Å². The van der Waals surface area contributed by atoms with Gasteiger partial charge in [0, 0.05) is 19.0 Å². The molecule has 0 amide bonds. The smallest absolute Gasteiger partial charge is 0.241 e. The van der Waals surface area contributed by atoms with Crippen LogP contribution in [0.3, 0.4) is 0 Å². The molecule has 0 unspecified atom stereocenters. The zero-order valence-electron chi connectivity index (χ0n) is 14.7. The second-order valence-corrected chi connectivity index (χ2v) is 7.53. The van der Waals surface area contributed by atoms with Crippen molar-refractivity contribution in [3.63, 3.8) is 0 Å². The molecule has 0 fully saturated rings. The van der Waals surface area contributed by atoms with Crippen LogP contribution in [-0.2, 0) is 16.6 Å². The van der Waals surface area contributed by atoms with E-state index < -0.39 is 10.0 Å². The van der Waals surface area contributed by atoms with E-state index in [0.717, 1.165) is 5.56 Å². The average Bonchev–Trinajstić information content (AvgIpc) is 3.07. The summed E-state index contributed by atoms with van der Waals surface area (Å²) in [6.07, 6.45) is 0. The highest BCUT2D eigenvalue weighted by Crippen LogP contribution is 2.23. The van der Waals surface area contributed by atoms with Crippen molar-refractivity contribution in [3.05, 3.63) is 59.5 Å². The van der Waals surface area contributed by atoms with E-state index in [4.69, 9.17) is 9.26 Å². The molecular weight excluding hydrogens is 354 g/mol. The monoisotopic (exact) mass is 373 g/mol. The number of aryl methyl sites for hydroxylation is 2. The van der Waals surface area contributed by atoms with Crippen LogP contribution in [0, 0.1) is 13.8 Å². The van der Waals surface area contributed by atoms with Crippen molar-refractivity contribution in [3.8, 4) is 17.1 Å². The van der Waals surface area contributed by atoms with Crippen LogP contribution in [0.5, 0.6) is 5.75 Å². The zero-order valence-corrected chi connectivity index (χ0v) is 15.5. The van der Waals surface area contributed by atoms with E-state index >= 15 is 0 Å². The molecule has 0 bridgehead atoms. The van der Waals surface area contributed by atoms with Crippen molar-refractivity contribution in [1.29, 1.82) is 0 Å². The molecule has 1 aromatic heterocycles. The fourth-order valence-corrected chi connectivity index (χ4v) is 3.77. The minimum atomic E-state index is -3.71. The number of hydrogen-bond donors (Lipinski definition) is 1. The molecule has 0 saturated heterocycles. The van der Waals surface area contributed by atoms with E-state index in [2.05, 4.69) is 14.9 Å². The van der Waals surface area contributed by atoms with Gasteiger partial charge >= 0.3 is 0 Å². The standard InChI is InChI=1S/C18H19N3O4S/c1-12-7-8-15(18-20-13(2)25-21-18)10-17(12)26(22,23)19-11-14-5-4-6-16(9-14)24-3/h4-10,19H,11H2,1-3H3. The number of aromatic nitrogens is 2. The van der Waals surface area contributed by atoms with Gasteiger partial charge in [0.1, 0.15) is 5.75 Å². The molecule has 3 aromatic rings. The normalized spacial score (nSPS) is 11.5. The Balaban J connectivity index is 1.86. The maximum Gasteiger partial charge on any atom is 0.241 e. The fraction of sp³-hybridized carbons (Fsp3) is 0.222. The van der Waals surface area contributed by atoms with Crippen LogP contribution in [0.2, 0.25) is 0 Å². The summed E-state index contributed by atoms with van der Waals surface area (Å²) in [5, 5.41) is 3.84. The van der Waals surface area contributed by atoms with Gasteiger partial charge in [0.05, 0.1) is 12.0 Å². The minimum Gasteiger partial charge on any atom is -0.497 e. The first-order valence-electron chi connectivity index (χ1n) is 7.93. The highest BCUT2D eigenvalue weighted by molar-refractivity contribution is 7.89. The number of benzene rings is 2. The molecular formula is C18H19N3O4S. The lowest BCUT2D eigenvalue weighted by Crippen LogP contribution is -2.24. The highest BCUT2D eigenvalue weighted by atomic mass is 32.2. The van der Waals surface area contributed by atoms with E-state index in [1.807, 2.05) is 12.1 Å². The van der Waals surface area contributed by atoms with Crippen LogP contribution in [0.1, 0.15) is 17.0 Å². The molecule has 0 aliphatic rings. The maximum atomic E-state index is 12.8. The number of rotatable bonds is 6. The molecule has 0 aliphatic heterocycles. The lowest BCUT2D eigenvalue weighted by Gasteiger charge is -2.11. The summed E-state index contributed by atoms with van der Waals surface area (Å²) in [4.78, 5) is 4.32. The van der Waals surface area contributed by atoms with Crippen LogP contribution in [0.15, 0.2) is 51.9 Å². The SMILES string of the molecule is COc1cccc(CNS(=O)(=O)c2cc(-c3noc(C)n3)ccc2C)c1. The molecule has 0 atom stereocenters.